The fraction of sp³-hybridized carbons (Fsp3) is 0.125. The van der Waals surface area contributed by atoms with Crippen molar-refractivity contribution in [3.63, 3.8) is 0 Å². The number of halogens is 1. The lowest BCUT2D eigenvalue weighted by molar-refractivity contribution is 0.289. The van der Waals surface area contributed by atoms with Crippen LogP contribution in [-0.2, 0) is 6.54 Å². The quantitative estimate of drug-likeness (QED) is 0.568. The summed E-state index contributed by atoms with van der Waals surface area (Å²) in [5.41, 5.74) is 3.20. The summed E-state index contributed by atoms with van der Waals surface area (Å²) in [5, 5.41) is 0. The van der Waals surface area contributed by atoms with Crippen LogP contribution >= 0.6 is 22.6 Å². The lowest BCUT2D eigenvalue weighted by Crippen LogP contribution is -2.31. The molecule has 2 aromatic rings. The molecule has 19 heavy (non-hydrogen) atoms. The molecular weight excluding hydrogens is 349 g/mol. The minimum absolute atomic E-state index is 0.572. The number of benzene rings is 2. The van der Waals surface area contributed by atoms with Gasteiger partial charge in [-0.1, -0.05) is 5.92 Å². The van der Waals surface area contributed by atoms with Gasteiger partial charge in [-0.15, -0.1) is 6.42 Å². The predicted octanol–water partition coefficient (Wildman–Crippen LogP) is 3.63. The predicted molar refractivity (Wildman–Crippen MR) is 85.2 cm³/mol. The molecule has 0 saturated heterocycles. The van der Waals surface area contributed by atoms with Crippen LogP contribution in [0.15, 0.2) is 42.5 Å². The van der Waals surface area contributed by atoms with E-state index in [1.807, 2.05) is 18.2 Å². The molecule has 2 aromatic carbocycles. The van der Waals surface area contributed by atoms with E-state index >= 15 is 0 Å². The van der Waals surface area contributed by atoms with Gasteiger partial charge in [0.25, 0.3) is 0 Å². The summed E-state index contributed by atoms with van der Waals surface area (Å²) in [6.07, 6.45) is 5.44. The van der Waals surface area contributed by atoms with Gasteiger partial charge in [0, 0.05) is 26.9 Å². The molecule has 0 spiro atoms. The maximum atomic E-state index is 5.78. The van der Waals surface area contributed by atoms with Gasteiger partial charge in [-0.2, -0.15) is 0 Å². The Morgan fingerprint density at radius 3 is 2.68 bits per heavy atom. The van der Waals surface area contributed by atoms with Gasteiger partial charge in [0.2, 0.25) is 0 Å². The van der Waals surface area contributed by atoms with Crippen LogP contribution < -0.4 is 9.64 Å². The molecule has 0 amide bonds. The van der Waals surface area contributed by atoms with Crippen LogP contribution in [0.1, 0.15) is 11.1 Å². The molecule has 2 nitrogen and oxygen atoms in total. The highest BCUT2D eigenvalue weighted by atomic mass is 127. The van der Waals surface area contributed by atoms with Crippen molar-refractivity contribution in [3.8, 4) is 18.1 Å². The van der Waals surface area contributed by atoms with Crippen molar-refractivity contribution in [3.05, 3.63) is 57.2 Å². The first-order valence-corrected chi connectivity index (χ1v) is 7.07. The Hall–Kier alpha value is -1.67. The third-order valence-electron chi connectivity index (χ3n) is 3.16. The molecule has 0 aliphatic carbocycles. The largest absolute Gasteiger partial charge is 0.473 e. The number of rotatable bonds is 1. The summed E-state index contributed by atoms with van der Waals surface area (Å²) in [5.74, 6) is 3.60. The number of terminal acetylenes is 1. The molecule has 3 rings (SSSR count). The van der Waals surface area contributed by atoms with Crippen LogP contribution in [0, 0.1) is 15.9 Å². The summed E-state index contributed by atoms with van der Waals surface area (Å²) in [7, 11) is 0. The topological polar surface area (TPSA) is 12.5 Å². The van der Waals surface area contributed by atoms with E-state index in [1.54, 1.807) is 0 Å². The molecule has 0 atom stereocenters. The van der Waals surface area contributed by atoms with Gasteiger partial charge in [-0.25, -0.2) is 0 Å². The first-order valence-electron chi connectivity index (χ1n) is 5.99. The van der Waals surface area contributed by atoms with E-state index in [1.165, 1.54) is 3.57 Å². The van der Waals surface area contributed by atoms with E-state index in [2.05, 4.69) is 57.7 Å². The molecular formula is C16H12INO. The molecule has 0 aromatic heterocycles. The van der Waals surface area contributed by atoms with E-state index in [-0.39, 0.29) is 0 Å². The lowest BCUT2D eigenvalue weighted by atomic mass is 10.1. The number of nitrogens with zero attached hydrogens (tertiary/aromatic N) is 1. The molecule has 0 radical (unpaired) electrons. The number of ether oxygens (including phenoxy) is 1. The standard InChI is InChI=1S/C16H12INO/c1-2-12-3-8-16-13(9-12)10-18(11-19-16)15-6-4-14(17)5-7-15/h1,3-9H,10-11H2. The molecule has 1 aliphatic rings. The van der Waals surface area contributed by atoms with Gasteiger partial charge in [-0.05, 0) is 65.1 Å². The average Bonchev–Trinajstić information content (AvgIpc) is 2.47. The van der Waals surface area contributed by atoms with Gasteiger partial charge in [0.05, 0.1) is 0 Å². The van der Waals surface area contributed by atoms with Crippen molar-refractivity contribution < 1.29 is 4.74 Å². The minimum atomic E-state index is 0.572. The van der Waals surface area contributed by atoms with Gasteiger partial charge in [-0.3, -0.25) is 0 Å². The zero-order valence-electron chi connectivity index (χ0n) is 10.3. The minimum Gasteiger partial charge on any atom is -0.473 e. The maximum Gasteiger partial charge on any atom is 0.161 e. The second kappa shape index (κ2) is 5.14. The molecule has 94 valence electrons. The van der Waals surface area contributed by atoms with Crippen LogP contribution in [-0.4, -0.2) is 6.73 Å². The van der Waals surface area contributed by atoms with Crippen molar-refractivity contribution in [1.82, 2.24) is 0 Å². The number of anilines is 1. The number of hydrogen-bond donors (Lipinski definition) is 0. The Morgan fingerprint density at radius 2 is 1.95 bits per heavy atom. The zero-order chi connectivity index (χ0) is 13.2. The van der Waals surface area contributed by atoms with Gasteiger partial charge < -0.3 is 9.64 Å². The van der Waals surface area contributed by atoms with Crippen LogP contribution in [0.2, 0.25) is 0 Å². The average molecular weight is 361 g/mol. The molecule has 0 bridgehead atoms. The van der Waals surface area contributed by atoms with Gasteiger partial charge in [0.15, 0.2) is 6.73 Å². The Kier molecular flexibility index (Phi) is 3.34. The second-order valence-electron chi connectivity index (χ2n) is 4.41. The van der Waals surface area contributed by atoms with Gasteiger partial charge >= 0.3 is 0 Å². The van der Waals surface area contributed by atoms with E-state index in [0.29, 0.717) is 6.73 Å². The molecule has 0 fully saturated rings. The van der Waals surface area contributed by atoms with Crippen molar-refractivity contribution in [2.75, 3.05) is 11.6 Å². The molecule has 1 aliphatic heterocycles. The Bertz CT molecular complexity index is 643. The number of hydrogen-bond acceptors (Lipinski definition) is 2. The SMILES string of the molecule is C#Cc1ccc2c(c1)CN(c1ccc(I)cc1)CO2. The van der Waals surface area contributed by atoms with Crippen LogP contribution in [0.4, 0.5) is 5.69 Å². The molecule has 0 N–H and O–H groups in total. The second-order valence-corrected chi connectivity index (χ2v) is 5.66. The fourth-order valence-corrected chi connectivity index (χ4v) is 2.51. The third-order valence-corrected chi connectivity index (χ3v) is 3.88. The summed E-state index contributed by atoms with van der Waals surface area (Å²) >= 11 is 2.30. The maximum absolute atomic E-state index is 5.78. The van der Waals surface area contributed by atoms with Crippen LogP contribution in [0.25, 0.3) is 0 Å². The van der Waals surface area contributed by atoms with Crippen LogP contribution in [0.5, 0.6) is 5.75 Å². The van der Waals surface area contributed by atoms with Crippen molar-refractivity contribution in [1.29, 1.82) is 0 Å². The summed E-state index contributed by atoms with van der Waals surface area (Å²) in [6.45, 7) is 1.40. The lowest BCUT2D eigenvalue weighted by Gasteiger charge is -2.30. The molecule has 0 unspecified atom stereocenters. The third kappa shape index (κ3) is 2.54. The van der Waals surface area contributed by atoms with E-state index in [0.717, 1.165) is 29.1 Å². The van der Waals surface area contributed by atoms with E-state index in [4.69, 9.17) is 11.2 Å². The van der Waals surface area contributed by atoms with Crippen molar-refractivity contribution in [2.24, 2.45) is 0 Å². The fourth-order valence-electron chi connectivity index (χ4n) is 2.15. The van der Waals surface area contributed by atoms with E-state index < -0.39 is 0 Å². The first kappa shape index (κ1) is 12.4. The van der Waals surface area contributed by atoms with E-state index in [9.17, 15) is 0 Å². The molecule has 3 heteroatoms. The Morgan fingerprint density at radius 1 is 1.16 bits per heavy atom. The Labute approximate surface area is 126 Å². The van der Waals surface area contributed by atoms with Gasteiger partial charge in [0.1, 0.15) is 5.75 Å². The zero-order valence-corrected chi connectivity index (χ0v) is 12.4. The highest BCUT2D eigenvalue weighted by Gasteiger charge is 2.17. The summed E-state index contributed by atoms with van der Waals surface area (Å²) in [4.78, 5) is 2.19. The Balaban J connectivity index is 1.89. The van der Waals surface area contributed by atoms with Crippen LogP contribution in [0.3, 0.4) is 0 Å². The summed E-state index contributed by atoms with van der Waals surface area (Å²) in [6, 6.07) is 14.3. The smallest absolute Gasteiger partial charge is 0.161 e. The summed E-state index contributed by atoms with van der Waals surface area (Å²) < 4.78 is 7.01. The normalized spacial score (nSPS) is 13.4. The highest BCUT2D eigenvalue weighted by molar-refractivity contribution is 14.1. The first-order chi connectivity index (χ1) is 9.26. The number of fused-ring (bicyclic) bond motifs is 1. The molecule has 0 saturated carbocycles. The molecule has 1 heterocycles. The highest BCUT2D eigenvalue weighted by Crippen LogP contribution is 2.29. The monoisotopic (exact) mass is 361 g/mol. The van der Waals surface area contributed by atoms with Crippen molar-refractivity contribution >= 4 is 28.3 Å². The van der Waals surface area contributed by atoms with Crippen molar-refractivity contribution in [2.45, 2.75) is 6.54 Å².